The van der Waals surface area contributed by atoms with Crippen LogP contribution in [0.5, 0.6) is 0 Å². The van der Waals surface area contributed by atoms with Gasteiger partial charge < -0.3 is 4.74 Å². The van der Waals surface area contributed by atoms with Crippen molar-refractivity contribution in [1.29, 1.82) is 0 Å². The molecule has 2 aliphatic heterocycles. The summed E-state index contributed by atoms with van der Waals surface area (Å²) in [6.45, 7) is 0. The van der Waals surface area contributed by atoms with Crippen LogP contribution < -0.4 is 0 Å². The maximum atomic E-state index is 5.70. The minimum absolute atomic E-state index is 0.185. The standard InChI is InChI=1S/C36H22.C18H11Br.C10H6Br2O.C10H6Br2.C6H2Br4/c1-3-11-23(12-4-1)33-29-19-25-15-7-9-17-27(25)21-31(29)36-34(24-13-5-2-6-14-24)30-20-26-16-8-10-18-28(26)22-32(30)35(33)36;19-18-13-16-9-5-4-8-15(16)12-17(18)11-10-14-6-2-1-3-7-14;11-7-3-5-6(4-8(7)12)10-2-1-9(5)13-10;11-9-5-7-3-1-2-4-8(7)6-10(9)12;7-3-1-4(8)6(10)2-5(3)9/h1-22H;1-9,12-13H;1-4,9-10H;1-6H;1-2H/t;;9-,10+;;. The van der Waals surface area contributed by atoms with Crippen LogP contribution in [-0.4, -0.2) is 0 Å². The van der Waals surface area contributed by atoms with E-state index in [2.05, 4.69) is 361 Å². The first-order chi connectivity index (χ1) is 43.8. The minimum Gasteiger partial charge on any atom is -0.357 e. The van der Waals surface area contributed by atoms with E-state index in [9.17, 15) is 0 Å². The second-order valence-corrected chi connectivity index (χ2v) is 29.3. The smallest absolute Gasteiger partial charge is 0.102 e. The summed E-state index contributed by atoms with van der Waals surface area (Å²) in [6, 6.07) is 92.2. The SMILES string of the molecule is Brc1cc(Br)c(Br)cc1Br.Brc1cc2c(cc1Br)[C@H]1C=C[C@@H]2O1.Brc1cc2ccccc2cc1Br.Brc1cc2ccccc2cc1C#Cc1ccccc1.c1ccc(C2=C3C(=C(c4ccccc4)c4cc5ccccc5cc43)c3cc4ccccc4cc32)cc1. The number of halogens is 9. The fraction of sp³-hybridized carbons (Fsp3) is 0.0250. The van der Waals surface area contributed by atoms with E-state index in [4.69, 9.17) is 4.74 Å². The highest BCUT2D eigenvalue weighted by atomic mass is 79.9. The molecular weight excluding hydrogens is 1700 g/mol. The van der Waals surface area contributed by atoms with E-state index in [0.29, 0.717) is 0 Å². The summed E-state index contributed by atoms with van der Waals surface area (Å²) in [4.78, 5) is 0. The Hall–Kier alpha value is -6.04. The van der Waals surface area contributed by atoms with Crippen LogP contribution in [0.1, 0.15) is 67.8 Å². The zero-order valence-electron chi connectivity index (χ0n) is 47.4. The number of fused-ring (bicyclic) bond motifs is 14. The molecule has 17 rings (SSSR count). The topological polar surface area (TPSA) is 9.23 Å². The predicted molar refractivity (Wildman–Crippen MR) is 411 cm³/mol. The third kappa shape index (κ3) is 13.4. The summed E-state index contributed by atoms with van der Waals surface area (Å²) in [5.41, 5.74) is 17.9. The Bertz CT molecular complexity index is 4830. The van der Waals surface area contributed by atoms with E-state index in [1.807, 2.05) is 66.7 Å². The third-order valence-corrected chi connectivity index (χ3v) is 24.0. The second kappa shape index (κ2) is 28.0. The largest absolute Gasteiger partial charge is 0.357 e. The summed E-state index contributed by atoms with van der Waals surface area (Å²) in [5.74, 6) is 6.41. The summed E-state index contributed by atoms with van der Waals surface area (Å²) < 4.78 is 15.3. The van der Waals surface area contributed by atoms with Crippen LogP contribution in [0.4, 0.5) is 0 Å². The molecule has 2 atom stereocenters. The van der Waals surface area contributed by atoms with Crippen LogP contribution in [0.3, 0.4) is 0 Å². The molecule has 2 heterocycles. The Balaban J connectivity index is 0.000000115. The summed E-state index contributed by atoms with van der Waals surface area (Å²) >= 11 is 31.0. The molecule has 4 aliphatic rings. The first-order valence-electron chi connectivity index (χ1n) is 28.7. The molecule has 436 valence electrons. The third-order valence-electron chi connectivity index (χ3n) is 15.9. The molecule has 0 radical (unpaired) electrons. The maximum absolute atomic E-state index is 5.70. The number of benzene rings is 13. The fourth-order valence-corrected chi connectivity index (χ4v) is 15.6. The van der Waals surface area contributed by atoms with Crippen LogP contribution in [0, 0.1) is 11.8 Å². The molecule has 0 spiro atoms. The van der Waals surface area contributed by atoms with Crippen molar-refractivity contribution in [1.82, 2.24) is 0 Å². The van der Waals surface area contributed by atoms with Gasteiger partial charge in [0, 0.05) is 51.4 Å². The molecule has 13 aromatic rings. The molecule has 0 amide bonds. The molecule has 0 N–H and O–H groups in total. The summed E-state index contributed by atoms with van der Waals surface area (Å²) in [6.07, 6.45) is 4.61. The molecular formula is C80H47Br9O. The molecule has 2 bridgehead atoms. The zero-order chi connectivity index (χ0) is 62.0. The van der Waals surface area contributed by atoms with Crippen LogP contribution in [0.2, 0.25) is 0 Å². The van der Waals surface area contributed by atoms with Gasteiger partial charge in [-0.15, -0.1) is 0 Å². The van der Waals surface area contributed by atoms with E-state index in [1.54, 1.807) is 0 Å². The number of rotatable bonds is 2. The van der Waals surface area contributed by atoms with E-state index in [-0.39, 0.29) is 12.2 Å². The molecule has 10 heteroatoms. The van der Waals surface area contributed by atoms with Crippen molar-refractivity contribution in [2.24, 2.45) is 0 Å². The lowest BCUT2D eigenvalue weighted by atomic mass is 9.89. The number of allylic oxidation sites excluding steroid dienone is 2. The van der Waals surface area contributed by atoms with E-state index in [1.165, 1.54) is 110 Å². The van der Waals surface area contributed by atoms with Crippen molar-refractivity contribution < 1.29 is 4.74 Å². The van der Waals surface area contributed by atoms with Gasteiger partial charge in [-0.05, 0) is 338 Å². The molecule has 2 aliphatic carbocycles. The van der Waals surface area contributed by atoms with Crippen molar-refractivity contribution in [3.8, 4) is 11.8 Å². The quantitative estimate of drug-likeness (QED) is 0.0952. The molecule has 1 nitrogen and oxygen atoms in total. The lowest BCUT2D eigenvalue weighted by Gasteiger charge is -2.14. The van der Waals surface area contributed by atoms with Crippen molar-refractivity contribution >= 4 is 209 Å². The van der Waals surface area contributed by atoms with Gasteiger partial charge in [0.05, 0.1) is 0 Å². The molecule has 0 fully saturated rings. The average molecular weight is 1740 g/mol. The van der Waals surface area contributed by atoms with Crippen molar-refractivity contribution in [3.63, 3.8) is 0 Å². The first kappa shape index (κ1) is 62.8. The Morgan fingerprint density at radius 3 is 0.889 bits per heavy atom. The molecule has 0 saturated heterocycles. The highest BCUT2D eigenvalue weighted by Crippen LogP contribution is 2.59. The Morgan fingerprint density at radius 2 is 0.522 bits per heavy atom. The summed E-state index contributed by atoms with van der Waals surface area (Å²) in [5, 5.41) is 10.1. The number of hydrogen-bond donors (Lipinski definition) is 0. The van der Waals surface area contributed by atoms with Crippen molar-refractivity contribution in [2.45, 2.75) is 12.2 Å². The Kier molecular flexibility index (Phi) is 19.6. The number of ether oxygens (including phenoxy) is 1. The lowest BCUT2D eigenvalue weighted by molar-refractivity contribution is 0.0878. The number of hydrogen-bond acceptors (Lipinski definition) is 1. The van der Waals surface area contributed by atoms with Crippen LogP contribution in [-0.2, 0) is 4.74 Å². The molecule has 0 unspecified atom stereocenters. The first-order valence-corrected chi connectivity index (χ1v) is 35.9. The van der Waals surface area contributed by atoms with Gasteiger partial charge in [-0.1, -0.05) is 200 Å². The molecule has 0 saturated carbocycles. The van der Waals surface area contributed by atoms with Gasteiger partial charge in [0.2, 0.25) is 0 Å². The van der Waals surface area contributed by atoms with Gasteiger partial charge in [-0.25, -0.2) is 0 Å². The monoisotopic (exact) mass is 1730 g/mol. The van der Waals surface area contributed by atoms with Crippen molar-refractivity contribution in [3.05, 3.63) is 369 Å². The van der Waals surface area contributed by atoms with Crippen molar-refractivity contribution in [2.75, 3.05) is 0 Å². The zero-order valence-corrected chi connectivity index (χ0v) is 61.7. The van der Waals surface area contributed by atoms with Crippen LogP contribution in [0.15, 0.2) is 313 Å². The van der Waals surface area contributed by atoms with Gasteiger partial charge in [-0.3, -0.25) is 0 Å². The van der Waals surface area contributed by atoms with Gasteiger partial charge in [0.25, 0.3) is 0 Å². The normalized spacial score (nSPS) is 14.2. The van der Waals surface area contributed by atoms with E-state index < -0.39 is 0 Å². The van der Waals surface area contributed by atoms with Crippen LogP contribution in [0.25, 0.3) is 65.4 Å². The molecule has 0 aromatic heterocycles. The highest BCUT2D eigenvalue weighted by molar-refractivity contribution is 9.14. The predicted octanol–water partition coefficient (Wildman–Crippen LogP) is 27.2. The minimum atomic E-state index is 0.185. The average Bonchev–Trinajstić information content (AvgIpc) is 1.54. The Labute approximate surface area is 599 Å². The molecule has 13 aromatic carbocycles. The van der Waals surface area contributed by atoms with E-state index in [0.717, 1.165) is 51.4 Å². The van der Waals surface area contributed by atoms with Gasteiger partial charge in [-0.2, -0.15) is 0 Å². The lowest BCUT2D eigenvalue weighted by Crippen LogP contribution is -1.93. The molecule has 90 heavy (non-hydrogen) atoms. The Morgan fingerprint density at radius 1 is 0.244 bits per heavy atom. The van der Waals surface area contributed by atoms with Gasteiger partial charge in [0.1, 0.15) is 12.2 Å². The summed E-state index contributed by atoms with van der Waals surface area (Å²) in [7, 11) is 0. The van der Waals surface area contributed by atoms with Gasteiger partial charge in [0.15, 0.2) is 0 Å². The second-order valence-electron chi connectivity index (χ2n) is 21.6. The van der Waals surface area contributed by atoms with Crippen LogP contribution >= 0.6 is 143 Å². The highest BCUT2D eigenvalue weighted by Gasteiger charge is 2.38. The maximum Gasteiger partial charge on any atom is 0.102 e. The fourth-order valence-electron chi connectivity index (χ4n) is 11.7. The van der Waals surface area contributed by atoms with E-state index >= 15 is 0 Å². The van der Waals surface area contributed by atoms with Gasteiger partial charge >= 0.3 is 0 Å².